The van der Waals surface area contributed by atoms with Crippen LogP contribution >= 0.6 is 0 Å². The van der Waals surface area contributed by atoms with Crippen molar-refractivity contribution in [3.8, 4) is 0 Å². The number of nitrogens with zero attached hydrogens (tertiary/aromatic N) is 1. The second-order valence-electron chi connectivity index (χ2n) is 6.43. The molecule has 0 aromatic rings. The maximum Gasteiger partial charge on any atom is 0.0200 e. The van der Waals surface area contributed by atoms with Crippen LogP contribution in [0.2, 0.25) is 0 Å². The average molecular weight is 224 g/mol. The summed E-state index contributed by atoms with van der Waals surface area (Å²) >= 11 is 0. The van der Waals surface area contributed by atoms with Gasteiger partial charge >= 0.3 is 0 Å². The van der Waals surface area contributed by atoms with Gasteiger partial charge in [-0.2, -0.15) is 0 Å². The van der Waals surface area contributed by atoms with Gasteiger partial charge in [0.1, 0.15) is 0 Å². The predicted octanol–water partition coefficient (Wildman–Crippen LogP) is 2.49. The van der Waals surface area contributed by atoms with E-state index in [-0.39, 0.29) is 0 Å². The third-order valence-corrected chi connectivity index (χ3v) is 4.23. The fourth-order valence-corrected chi connectivity index (χ4v) is 2.78. The minimum absolute atomic E-state index is 0.699. The molecule has 2 aliphatic rings. The first-order valence-corrected chi connectivity index (χ1v) is 7.06. The first-order valence-electron chi connectivity index (χ1n) is 7.06. The molecule has 1 saturated heterocycles. The molecule has 2 nitrogen and oxygen atoms in total. The smallest absolute Gasteiger partial charge is 0.0200 e. The number of likely N-dealkylation sites (tertiary alicyclic amines) is 1. The van der Waals surface area contributed by atoms with Crippen molar-refractivity contribution in [3.05, 3.63) is 0 Å². The largest absolute Gasteiger partial charge is 0.310 e. The summed E-state index contributed by atoms with van der Waals surface area (Å²) in [5, 5.41) is 3.82. The molecule has 0 bridgehead atoms. The Bertz CT molecular complexity index is 205. The molecule has 0 aromatic heterocycles. The molecule has 0 radical (unpaired) electrons. The standard InChI is InChI=1S/C14H28N2/c1-10(2)12-7-14(15-13-5-6-13)9-16(8-12)11(3)4/h10-15H,5-9H2,1-4H3. The Hall–Kier alpha value is -0.0800. The highest BCUT2D eigenvalue weighted by Crippen LogP contribution is 2.28. The Labute approximate surface area is 101 Å². The minimum Gasteiger partial charge on any atom is -0.310 e. The third-order valence-electron chi connectivity index (χ3n) is 4.23. The molecule has 2 heteroatoms. The number of hydrogen-bond donors (Lipinski definition) is 1. The molecule has 1 aliphatic carbocycles. The van der Waals surface area contributed by atoms with Gasteiger partial charge in [0.05, 0.1) is 0 Å². The number of rotatable bonds is 4. The summed E-state index contributed by atoms with van der Waals surface area (Å²) < 4.78 is 0. The molecule has 2 unspecified atom stereocenters. The van der Waals surface area contributed by atoms with Gasteiger partial charge in [0.25, 0.3) is 0 Å². The van der Waals surface area contributed by atoms with Crippen LogP contribution < -0.4 is 5.32 Å². The fraction of sp³-hybridized carbons (Fsp3) is 1.00. The van der Waals surface area contributed by atoms with Gasteiger partial charge in [0.2, 0.25) is 0 Å². The van der Waals surface area contributed by atoms with Crippen molar-refractivity contribution in [3.63, 3.8) is 0 Å². The lowest BCUT2D eigenvalue weighted by Crippen LogP contribution is -2.52. The molecular formula is C14H28N2. The molecule has 1 saturated carbocycles. The topological polar surface area (TPSA) is 15.3 Å². The summed E-state index contributed by atoms with van der Waals surface area (Å²) in [6.45, 7) is 12.0. The first-order chi connectivity index (χ1) is 7.56. The quantitative estimate of drug-likeness (QED) is 0.789. The van der Waals surface area contributed by atoms with Gasteiger partial charge in [0.15, 0.2) is 0 Å². The van der Waals surface area contributed by atoms with E-state index in [1.54, 1.807) is 0 Å². The van der Waals surface area contributed by atoms with Gasteiger partial charge in [-0.25, -0.2) is 0 Å². The molecule has 0 amide bonds. The molecule has 1 aliphatic heterocycles. The van der Waals surface area contributed by atoms with Gasteiger partial charge in [0, 0.05) is 31.2 Å². The van der Waals surface area contributed by atoms with Crippen molar-refractivity contribution >= 4 is 0 Å². The van der Waals surface area contributed by atoms with Gasteiger partial charge in [-0.05, 0) is 44.9 Å². The molecule has 16 heavy (non-hydrogen) atoms. The lowest BCUT2D eigenvalue weighted by atomic mass is 9.85. The van der Waals surface area contributed by atoms with E-state index in [1.165, 1.54) is 32.4 Å². The maximum absolute atomic E-state index is 3.82. The first kappa shape index (κ1) is 12.4. The highest BCUT2D eigenvalue weighted by atomic mass is 15.2. The van der Waals surface area contributed by atoms with E-state index in [9.17, 15) is 0 Å². The number of nitrogens with one attached hydrogen (secondary N) is 1. The molecule has 94 valence electrons. The van der Waals surface area contributed by atoms with Crippen molar-refractivity contribution in [2.75, 3.05) is 13.1 Å². The van der Waals surface area contributed by atoms with E-state index in [4.69, 9.17) is 0 Å². The van der Waals surface area contributed by atoms with Crippen LogP contribution in [-0.2, 0) is 0 Å². The van der Waals surface area contributed by atoms with Gasteiger partial charge in [-0.1, -0.05) is 13.8 Å². The monoisotopic (exact) mass is 224 g/mol. The third kappa shape index (κ3) is 3.21. The summed E-state index contributed by atoms with van der Waals surface area (Å²) in [6, 6.07) is 2.30. The summed E-state index contributed by atoms with van der Waals surface area (Å²) in [5.74, 6) is 1.71. The SMILES string of the molecule is CC(C)C1CC(NC2CC2)CN(C(C)C)C1. The molecule has 2 rings (SSSR count). The van der Waals surface area contributed by atoms with Gasteiger partial charge in [-0.15, -0.1) is 0 Å². The van der Waals surface area contributed by atoms with Crippen molar-refractivity contribution < 1.29 is 0 Å². The highest BCUT2D eigenvalue weighted by molar-refractivity contribution is 4.91. The summed E-state index contributed by atoms with van der Waals surface area (Å²) in [5.41, 5.74) is 0. The van der Waals surface area contributed by atoms with E-state index in [0.717, 1.165) is 23.9 Å². The predicted molar refractivity (Wildman–Crippen MR) is 69.6 cm³/mol. The molecule has 2 atom stereocenters. The van der Waals surface area contributed by atoms with Crippen LogP contribution in [-0.4, -0.2) is 36.1 Å². The summed E-state index contributed by atoms with van der Waals surface area (Å²) in [7, 11) is 0. The Morgan fingerprint density at radius 3 is 2.19 bits per heavy atom. The van der Waals surface area contributed by atoms with Gasteiger partial charge in [-0.3, -0.25) is 4.90 Å². The fourth-order valence-electron chi connectivity index (χ4n) is 2.78. The second-order valence-corrected chi connectivity index (χ2v) is 6.43. The molecule has 1 N–H and O–H groups in total. The Morgan fingerprint density at radius 1 is 1.00 bits per heavy atom. The van der Waals surface area contributed by atoms with E-state index in [2.05, 4.69) is 37.9 Å². The maximum atomic E-state index is 3.82. The molecule has 0 spiro atoms. The summed E-state index contributed by atoms with van der Waals surface area (Å²) in [4.78, 5) is 2.66. The molecule has 0 aromatic carbocycles. The van der Waals surface area contributed by atoms with Crippen LogP contribution in [0.3, 0.4) is 0 Å². The zero-order valence-electron chi connectivity index (χ0n) is 11.4. The van der Waals surface area contributed by atoms with Crippen LogP contribution in [0.5, 0.6) is 0 Å². The van der Waals surface area contributed by atoms with Crippen LogP contribution in [0.1, 0.15) is 47.0 Å². The molecule has 2 fully saturated rings. The minimum atomic E-state index is 0.699. The molecular weight excluding hydrogens is 196 g/mol. The average Bonchev–Trinajstić information content (AvgIpc) is 3.01. The van der Waals surface area contributed by atoms with Crippen LogP contribution in [0.25, 0.3) is 0 Å². The van der Waals surface area contributed by atoms with E-state index < -0.39 is 0 Å². The van der Waals surface area contributed by atoms with Crippen molar-refractivity contribution in [1.29, 1.82) is 0 Å². The lowest BCUT2D eigenvalue weighted by molar-refractivity contribution is 0.0899. The van der Waals surface area contributed by atoms with Crippen molar-refractivity contribution in [2.45, 2.75) is 65.1 Å². The van der Waals surface area contributed by atoms with E-state index in [1.807, 2.05) is 0 Å². The van der Waals surface area contributed by atoms with Crippen LogP contribution in [0, 0.1) is 11.8 Å². The Balaban J connectivity index is 1.91. The van der Waals surface area contributed by atoms with Crippen LogP contribution in [0.4, 0.5) is 0 Å². The van der Waals surface area contributed by atoms with Crippen LogP contribution in [0.15, 0.2) is 0 Å². The Morgan fingerprint density at radius 2 is 1.69 bits per heavy atom. The van der Waals surface area contributed by atoms with Crippen molar-refractivity contribution in [1.82, 2.24) is 10.2 Å². The van der Waals surface area contributed by atoms with Gasteiger partial charge < -0.3 is 5.32 Å². The van der Waals surface area contributed by atoms with E-state index in [0.29, 0.717) is 6.04 Å². The lowest BCUT2D eigenvalue weighted by Gasteiger charge is -2.42. The zero-order chi connectivity index (χ0) is 11.7. The Kier molecular flexibility index (Phi) is 3.91. The number of hydrogen-bond acceptors (Lipinski definition) is 2. The summed E-state index contributed by atoms with van der Waals surface area (Å²) in [6.07, 6.45) is 4.20. The normalized spacial score (nSPS) is 32.6. The highest BCUT2D eigenvalue weighted by Gasteiger charge is 2.33. The second kappa shape index (κ2) is 5.05. The number of piperidine rings is 1. The van der Waals surface area contributed by atoms with Crippen molar-refractivity contribution in [2.24, 2.45) is 11.8 Å². The molecule has 1 heterocycles. The van der Waals surface area contributed by atoms with E-state index >= 15 is 0 Å². The zero-order valence-corrected chi connectivity index (χ0v) is 11.4.